The molecule has 1 heterocycles. The van der Waals surface area contributed by atoms with Crippen molar-refractivity contribution in [1.29, 1.82) is 0 Å². The van der Waals surface area contributed by atoms with Gasteiger partial charge in [0.2, 0.25) is 0 Å². The maximum Gasteiger partial charge on any atom is 0.379 e. The molecule has 0 aliphatic rings. The van der Waals surface area contributed by atoms with Crippen LogP contribution in [0.3, 0.4) is 0 Å². The molecule has 18 heavy (non-hydrogen) atoms. The number of ether oxygens (including phenoxy) is 1. The first kappa shape index (κ1) is 12.7. The molecule has 0 amide bonds. The van der Waals surface area contributed by atoms with Crippen molar-refractivity contribution in [2.75, 3.05) is 6.61 Å². The first-order valence-electron chi connectivity index (χ1n) is 5.08. The first-order valence-corrected chi connectivity index (χ1v) is 5.87. The SMILES string of the molecule is CCOC(=O)c1noc(-c2ccc(Br)c(F)c2)n1. The van der Waals surface area contributed by atoms with Crippen molar-refractivity contribution in [2.24, 2.45) is 0 Å². The van der Waals surface area contributed by atoms with Gasteiger partial charge in [-0.05, 0) is 46.2 Å². The molecule has 5 nitrogen and oxygen atoms in total. The van der Waals surface area contributed by atoms with E-state index in [4.69, 9.17) is 9.26 Å². The standard InChI is InChI=1S/C11H8BrFN2O3/c1-2-17-11(16)9-14-10(18-15-9)6-3-4-7(12)8(13)5-6/h3-5H,2H2,1H3. The summed E-state index contributed by atoms with van der Waals surface area (Å²) in [6.07, 6.45) is 0. The maximum absolute atomic E-state index is 13.3. The highest BCUT2D eigenvalue weighted by molar-refractivity contribution is 9.10. The third-order valence-corrected chi connectivity index (χ3v) is 2.69. The summed E-state index contributed by atoms with van der Waals surface area (Å²) in [6.45, 7) is 1.89. The zero-order valence-electron chi connectivity index (χ0n) is 9.31. The lowest BCUT2D eigenvalue weighted by atomic mass is 10.2. The van der Waals surface area contributed by atoms with Gasteiger partial charge in [-0.3, -0.25) is 0 Å². The van der Waals surface area contributed by atoms with Gasteiger partial charge in [-0.15, -0.1) is 0 Å². The molecular weight excluding hydrogens is 307 g/mol. The molecule has 0 aliphatic carbocycles. The Morgan fingerprint density at radius 2 is 2.33 bits per heavy atom. The number of halogens is 2. The fraction of sp³-hybridized carbons (Fsp3) is 0.182. The normalized spacial score (nSPS) is 10.4. The minimum Gasteiger partial charge on any atom is -0.460 e. The molecule has 0 bridgehead atoms. The van der Waals surface area contributed by atoms with Gasteiger partial charge in [-0.25, -0.2) is 9.18 Å². The third kappa shape index (κ3) is 2.56. The van der Waals surface area contributed by atoms with E-state index in [0.29, 0.717) is 10.0 Å². The van der Waals surface area contributed by atoms with Gasteiger partial charge in [0, 0.05) is 5.56 Å². The fourth-order valence-corrected chi connectivity index (χ4v) is 1.50. The van der Waals surface area contributed by atoms with Crippen LogP contribution in [0.5, 0.6) is 0 Å². The van der Waals surface area contributed by atoms with Gasteiger partial charge in [-0.1, -0.05) is 0 Å². The number of rotatable bonds is 3. The summed E-state index contributed by atoms with van der Waals surface area (Å²) >= 11 is 3.04. The van der Waals surface area contributed by atoms with Gasteiger partial charge in [-0.2, -0.15) is 4.98 Å². The van der Waals surface area contributed by atoms with Gasteiger partial charge in [0.25, 0.3) is 11.7 Å². The van der Waals surface area contributed by atoms with Crippen molar-refractivity contribution in [2.45, 2.75) is 6.92 Å². The van der Waals surface area contributed by atoms with Crippen molar-refractivity contribution >= 4 is 21.9 Å². The van der Waals surface area contributed by atoms with E-state index in [1.165, 1.54) is 12.1 Å². The number of nitrogens with zero attached hydrogens (tertiary/aromatic N) is 2. The van der Waals surface area contributed by atoms with Crippen LogP contribution in [0.4, 0.5) is 4.39 Å². The third-order valence-electron chi connectivity index (χ3n) is 2.05. The van der Waals surface area contributed by atoms with Crippen LogP contribution < -0.4 is 0 Å². The van der Waals surface area contributed by atoms with Gasteiger partial charge in [0.15, 0.2) is 0 Å². The minimum absolute atomic E-state index is 0.0597. The predicted molar refractivity (Wildman–Crippen MR) is 63.3 cm³/mol. The van der Waals surface area contributed by atoms with Crippen LogP contribution in [0.25, 0.3) is 11.5 Å². The van der Waals surface area contributed by atoms with Crippen LogP contribution >= 0.6 is 15.9 Å². The van der Waals surface area contributed by atoms with Crippen LogP contribution in [0.2, 0.25) is 0 Å². The highest BCUT2D eigenvalue weighted by atomic mass is 79.9. The van der Waals surface area contributed by atoms with E-state index in [1.54, 1.807) is 13.0 Å². The van der Waals surface area contributed by atoms with Crippen LogP contribution in [0.1, 0.15) is 17.5 Å². The predicted octanol–water partition coefficient (Wildman–Crippen LogP) is 2.81. The average Bonchev–Trinajstić information content (AvgIpc) is 2.82. The molecule has 2 rings (SSSR count). The second-order valence-corrected chi connectivity index (χ2v) is 4.13. The summed E-state index contributed by atoms with van der Waals surface area (Å²) in [4.78, 5) is 15.2. The monoisotopic (exact) mass is 314 g/mol. The number of aromatic nitrogens is 2. The van der Waals surface area contributed by atoms with E-state index < -0.39 is 11.8 Å². The quantitative estimate of drug-likeness (QED) is 0.815. The summed E-state index contributed by atoms with van der Waals surface area (Å²) in [7, 11) is 0. The zero-order chi connectivity index (χ0) is 13.1. The van der Waals surface area contributed by atoms with E-state index in [-0.39, 0.29) is 18.3 Å². The highest BCUT2D eigenvalue weighted by Crippen LogP contribution is 2.23. The molecule has 0 radical (unpaired) electrons. The number of benzene rings is 1. The Morgan fingerprint density at radius 1 is 1.56 bits per heavy atom. The molecule has 94 valence electrons. The van der Waals surface area contributed by atoms with E-state index in [2.05, 4.69) is 26.1 Å². The maximum atomic E-state index is 13.3. The van der Waals surface area contributed by atoms with E-state index >= 15 is 0 Å². The largest absolute Gasteiger partial charge is 0.460 e. The van der Waals surface area contributed by atoms with Crippen molar-refractivity contribution in [3.8, 4) is 11.5 Å². The lowest BCUT2D eigenvalue weighted by molar-refractivity contribution is 0.0508. The van der Waals surface area contributed by atoms with Gasteiger partial charge < -0.3 is 9.26 Å². The number of carbonyl (C=O) groups excluding carboxylic acids is 1. The summed E-state index contributed by atoms with van der Waals surface area (Å²) in [5.74, 6) is -1.26. The van der Waals surface area contributed by atoms with E-state index in [0.717, 1.165) is 0 Å². The lowest BCUT2D eigenvalue weighted by Crippen LogP contribution is -2.06. The molecule has 0 saturated heterocycles. The van der Waals surface area contributed by atoms with E-state index in [1.807, 2.05) is 0 Å². The van der Waals surface area contributed by atoms with Gasteiger partial charge >= 0.3 is 5.97 Å². The highest BCUT2D eigenvalue weighted by Gasteiger charge is 2.17. The van der Waals surface area contributed by atoms with Crippen molar-refractivity contribution in [3.05, 3.63) is 34.3 Å². The molecule has 1 aromatic carbocycles. The second kappa shape index (κ2) is 5.26. The zero-order valence-corrected chi connectivity index (χ0v) is 10.9. The average molecular weight is 315 g/mol. The number of esters is 1. The molecule has 0 N–H and O–H groups in total. The molecule has 0 atom stereocenters. The molecule has 0 unspecified atom stereocenters. The first-order chi connectivity index (χ1) is 8.61. The van der Waals surface area contributed by atoms with Crippen LogP contribution in [0.15, 0.2) is 27.2 Å². The van der Waals surface area contributed by atoms with Crippen LogP contribution in [-0.4, -0.2) is 22.7 Å². The number of carbonyl (C=O) groups is 1. The minimum atomic E-state index is -0.676. The Balaban J connectivity index is 2.29. The summed E-state index contributed by atoms with van der Waals surface area (Å²) in [6, 6.07) is 4.33. The number of hydrogen-bond donors (Lipinski definition) is 0. The summed E-state index contributed by atoms with van der Waals surface area (Å²) < 4.78 is 23.2. The smallest absolute Gasteiger partial charge is 0.379 e. The molecule has 0 fully saturated rings. The summed E-state index contributed by atoms with van der Waals surface area (Å²) in [5, 5.41) is 3.47. The molecule has 7 heteroatoms. The van der Waals surface area contributed by atoms with Crippen molar-refractivity contribution in [3.63, 3.8) is 0 Å². The van der Waals surface area contributed by atoms with E-state index in [9.17, 15) is 9.18 Å². The Bertz CT molecular complexity index is 585. The molecule has 1 aromatic heterocycles. The van der Waals surface area contributed by atoms with Crippen molar-refractivity contribution < 1.29 is 18.4 Å². The van der Waals surface area contributed by atoms with Crippen molar-refractivity contribution in [1.82, 2.24) is 10.1 Å². The Morgan fingerprint density at radius 3 is 3.00 bits per heavy atom. The Kier molecular flexibility index (Phi) is 3.71. The van der Waals surface area contributed by atoms with Crippen LogP contribution in [-0.2, 0) is 4.74 Å². The number of hydrogen-bond acceptors (Lipinski definition) is 5. The second-order valence-electron chi connectivity index (χ2n) is 3.27. The Hall–Kier alpha value is -1.76. The van der Waals surface area contributed by atoms with Crippen LogP contribution in [0, 0.1) is 5.82 Å². The molecule has 0 spiro atoms. The molecule has 0 aliphatic heterocycles. The summed E-state index contributed by atoms with van der Waals surface area (Å²) in [5.41, 5.74) is 0.388. The Labute approximate surface area is 110 Å². The van der Waals surface area contributed by atoms with Gasteiger partial charge in [0.1, 0.15) is 5.82 Å². The molecule has 0 saturated carbocycles. The lowest BCUT2D eigenvalue weighted by Gasteiger charge is -1.96. The molecular formula is C11H8BrFN2O3. The molecule has 2 aromatic rings. The fourth-order valence-electron chi connectivity index (χ4n) is 1.25. The van der Waals surface area contributed by atoms with Gasteiger partial charge in [0.05, 0.1) is 11.1 Å². The topological polar surface area (TPSA) is 65.2 Å².